The molecule has 0 saturated carbocycles. The molecule has 0 bridgehead atoms. The number of azide groups is 1. The van der Waals surface area contributed by atoms with E-state index in [1.54, 1.807) is 54.9 Å². The number of benzene rings is 4. The summed E-state index contributed by atoms with van der Waals surface area (Å²) in [5.74, 6) is 0. The highest BCUT2D eigenvalue weighted by Crippen LogP contribution is 2.33. The van der Waals surface area contributed by atoms with Gasteiger partial charge in [0.25, 0.3) is 10.0 Å². The second kappa shape index (κ2) is 22.8. The maximum Gasteiger partial charge on any atom is 0.268 e. The maximum atomic E-state index is 13.9. The largest absolute Gasteiger partial charge is 0.379 e. The van der Waals surface area contributed by atoms with Crippen LogP contribution in [0.15, 0.2) is 150 Å². The average molecular weight is 880 g/mol. The molecule has 1 fully saturated rings. The second-order valence-corrected chi connectivity index (χ2v) is 17.0. The first-order valence-electron chi connectivity index (χ1n) is 20.7. The van der Waals surface area contributed by atoms with Gasteiger partial charge in [-0.15, -0.1) is 0 Å². The van der Waals surface area contributed by atoms with Crippen LogP contribution in [-0.2, 0) is 64.7 Å². The van der Waals surface area contributed by atoms with E-state index >= 15 is 0 Å². The van der Waals surface area contributed by atoms with Crippen LogP contribution >= 0.6 is 11.6 Å². The van der Waals surface area contributed by atoms with Gasteiger partial charge < -0.3 is 28.4 Å². The predicted molar refractivity (Wildman–Crippen MR) is 236 cm³/mol. The summed E-state index contributed by atoms with van der Waals surface area (Å²) in [6.07, 6.45) is 2.33. The zero-order valence-corrected chi connectivity index (χ0v) is 35.8. The van der Waals surface area contributed by atoms with E-state index in [-0.39, 0.29) is 37.9 Å². The fourth-order valence-corrected chi connectivity index (χ4v) is 8.87. The van der Waals surface area contributed by atoms with Crippen LogP contribution in [0.2, 0.25) is 5.15 Å². The van der Waals surface area contributed by atoms with Crippen LogP contribution in [0.1, 0.15) is 41.5 Å². The van der Waals surface area contributed by atoms with E-state index < -0.39 is 40.7 Å². The number of rotatable bonds is 23. The van der Waals surface area contributed by atoms with Crippen molar-refractivity contribution in [1.29, 1.82) is 0 Å². The Bertz CT molecular complexity index is 2440. The minimum Gasteiger partial charge on any atom is -0.379 e. The van der Waals surface area contributed by atoms with E-state index in [9.17, 15) is 8.42 Å². The number of unbranched alkanes of at least 4 members (excludes halogenated alkanes) is 2. The highest BCUT2D eigenvalue weighted by molar-refractivity contribution is 7.90. The molecule has 0 N–H and O–H groups in total. The molecule has 1 aliphatic heterocycles. The van der Waals surface area contributed by atoms with Gasteiger partial charge in [-0.2, -0.15) is 0 Å². The van der Waals surface area contributed by atoms with Gasteiger partial charge in [0.2, 0.25) is 0 Å². The molecule has 4 aromatic carbocycles. The number of para-hydroxylation sites is 1. The van der Waals surface area contributed by atoms with Gasteiger partial charge in [-0.25, -0.2) is 17.4 Å². The van der Waals surface area contributed by atoms with Crippen molar-refractivity contribution in [3.05, 3.63) is 178 Å². The van der Waals surface area contributed by atoms with E-state index in [2.05, 4.69) is 15.0 Å². The number of hydrogen-bond donors (Lipinski definition) is 0. The molecule has 7 rings (SSSR count). The molecule has 3 heterocycles. The van der Waals surface area contributed by atoms with Crippen molar-refractivity contribution in [3.63, 3.8) is 0 Å². The lowest BCUT2D eigenvalue weighted by Crippen LogP contribution is -2.61. The number of hydrogen-bond acceptors (Lipinski definition) is 10. The van der Waals surface area contributed by atoms with Crippen molar-refractivity contribution in [3.8, 4) is 0 Å². The van der Waals surface area contributed by atoms with Crippen LogP contribution in [0.4, 0.5) is 0 Å². The average Bonchev–Trinajstić information content (AvgIpc) is 3.69. The molecule has 1 saturated heterocycles. The molecule has 1 aliphatic rings. The van der Waals surface area contributed by atoms with Crippen molar-refractivity contribution in [2.75, 3.05) is 26.4 Å². The van der Waals surface area contributed by atoms with E-state index in [0.29, 0.717) is 30.2 Å². The first-order chi connectivity index (χ1) is 30.4. The topological polar surface area (TPSA) is 156 Å². The normalized spacial score (nSPS) is 19.0. The lowest BCUT2D eigenvalue weighted by atomic mass is 9.97. The standard InChI is InChI=1S/C47H50ClN5O8S/c48-43-24-23-37(29-50-43)33-58-44-42(34-56-27-14-4-13-26-51-52-49)61-47(46(60-32-36-17-7-2-8-18-36)45(44)59-31-35-15-5-1-6-16-35)57-28-25-38-30-53(41-22-12-11-21-40(38)41)62(54,55)39-19-9-3-10-20-39/h1-3,5-12,15-24,29-30,42,44-47H,4,13-14,25-28,31-34H2/t42-,44-,45+,46-,47-/m1/s1. The number of halogens is 1. The summed E-state index contributed by atoms with van der Waals surface area (Å²) in [5, 5.41) is 4.81. The van der Waals surface area contributed by atoms with Gasteiger partial charge in [-0.05, 0) is 71.3 Å². The zero-order valence-electron chi connectivity index (χ0n) is 34.2. The molecule has 324 valence electrons. The first-order valence-corrected chi connectivity index (χ1v) is 22.5. The summed E-state index contributed by atoms with van der Waals surface area (Å²) in [6, 6.07) is 39.1. The van der Waals surface area contributed by atoms with Gasteiger partial charge in [0.1, 0.15) is 29.6 Å². The summed E-state index contributed by atoms with van der Waals surface area (Å²) in [4.78, 5) is 7.28. The maximum absolute atomic E-state index is 13.9. The number of nitrogens with zero attached hydrogens (tertiary/aromatic N) is 5. The van der Waals surface area contributed by atoms with Crippen molar-refractivity contribution in [2.45, 2.75) is 81.1 Å². The van der Waals surface area contributed by atoms with Gasteiger partial charge in [0.15, 0.2) is 6.29 Å². The highest BCUT2D eigenvalue weighted by atomic mass is 35.5. The minimum absolute atomic E-state index is 0.168. The van der Waals surface area contributed by atoms with Crippen LogP contribution in [0, 0.1) is 0 Å². The Balaban J connectivity index is 1.17. The van der Waals surface area contributed by atoms with Crippen molar-refractivity contribution in [1.82, 2.24) is 8.96 Å². The molecular weight excluding hydrogens is 830 g/mol. The molecular formula is C47H50ClN5O8S. The number of pyridine rings is 1. The van der Waals surface area contributed by atoms with Crippen LogP contribution in [0.5, 0.6) is 0 Å². The molecule has 2 aromatic heterocycles. The van der Waals surface area contributed by atoms with Gasteiger partial charge in [0.05, 0.1) is 43.4 Å². The monoisotopic (exact) mass is 879 g/mol. The second-order valence-electron chi connectivity index (χ2n) is 14.8. The fraction of sp³-hybridized carbons (Fsp3) is 0.340. The van der Waals surface area contributed by atoms with Crippen LogP contribution in [-0.4, -0.2) is 74.4 Å². The summed E-state index contributed by atoms with van der Waals surface area (Å²) < 4.78 is 69.1. The van der Waals surface area contributed by atoms with Gasteiger partial charge in [-0.3, -0.25) is 0 Å². The molecule has 0 aliphatic carbocycles. The van der Waals surface area contributed by atoms with Gasteiger partial charge >= 0.3 is 0 Å². The Kier molecular flexibility index (Phi) is 16.5. The molecule has 0 spiro atoms. The van der Waals surface area contributed by atoms with Crippen molar-refractivity contribution < 1.29 is 36.8 Å². The van der Waals surface area contributed by atoms with Gasteiger partial charge in [0, 0.05) is 35.8 Å². The number of ether oxygens (including phenoxy) is 6. The SMILES string of the molecule is [N-]=[N+]=NCCCCCOC[C@H]1O[C@@H](OCCc2cn(S(=O)(=O)c3ccccc3)c3ccccc23)[C@H](OCc2ccccc2)[C@@H](OCc2ccccc2)[C@@H]1OCc1ccc(Cl)nc1. The molecule has 0 radical (unpaired) electrons. The van der Waals surface area contributed by atoms with Crippen LogP contribution in [0.3, 0.4) is 0 Å². The smallest absolute Gasteiger partial charge is 0.268 e. The lowest BCUT2D eigenvalue weighted by molar-refractivity contribution is -0.328. The quantitative estimate of drug-likeness (QED) is 0.0201. The van der Waals surface area contributed by atoms with E-state index in [4.69, 9.17) is 45.6 Å². The van der Waals surface area contributed by atoms with E-state index in [1.165, 1.54) is 3.97 Å². The molecule has 15 heteroatoms. The summed E-state index contributed by atoms with van der Waals surface area (Å²) in [6.45, 7) is 1.92. The Morgan fingerprint density at radius 2 is 1.35 bits per heavy atom. The Morgan fingerprint density at radius 3 is 2.05 bits per heavy atom. The molecule has 0 unspecified atom stereocenters. The summed E-state index contributed by atoms with van der Waals surface area (Å²) in [7, 11) is -3.87. The fourth-order valence-electron chi connectivity index (χ4n) is 7.35. The van der Waals surface area contributed by atoms with E-state index in [1.807, 2.05) is 84.9 Å². The predicted octanol–water partition coefficient (Wildman–Crippen LogP) is 9.46. The van der Waals surface area contributed by atoms with E-state index in [0.717, 1.165) is 46.9 Å². The third kappa shape index (κ3) is 12.1. The third-order valence-electron chi connectivity index (χ3n) is 10.5. The molecule has 62 heavy (non-hydrogen) atoms. The summed E-state index contributed by atoms with van der Waals surface area (Å²) >= 11 is 6.11. The Morgan fingerprint density at radius 1 is 0.710 bits per heavy atom. The third-order valence-corrected chi connectivity index (χ3v) is 12.4. The number of fused-ring (bicyclic) bond motifs is 1. The molecule has 13 nitrogen and oxygen atoms in total. The first kappa shape index (κ1) is 44.9. The molecule has 6 aromatic rings. The van der Waals surface area contributed by atoms with Crippen molar-refractivity contribution in [2.24, 2.45) is 5.11 Å². The van der Waals surface area contributed by atoms with Crippen LogP contribution < -0.4 is 0 Å². The zero-order chi connectivity index (χ0) is 43.0. The molecule has 0 amide bonds. The van der Waals surface area contributed by atoms with Crippen molar-refractivity contribution >= 4 is 32.5 Å². The van der Waals surface area contributed by atoms with Gasteiger partial charge in [-0.1, -0.05) is 126 Å². The highest BCUT2D eigenvalue weighted by Gasteiger charge is 2.49. The minimum atomic E-state index is -3.87. The lowest BCUT2D eigenvalue weighted by Gasteiger charge is -2.46. The molecule has 5 atom stereocenters. The Hall–Kier alpha value is -5.12. The Labute approximate surface area is 367 Å². The number of aromatic nitrogens is 2. The summed E-state index contributed by atoms with van der Waals surface area (Å²) in [5.41, 5.74) is 12.7. The van der Waals surface area contributed by atoms with Crippen LogP contribution in [0.25, 0.3) is 21.3 Å².